The molecule has 0 saturated heterocycles. The van der Waals surface area contributed by atoms with E-state index >= 15 is 0 Å². The molecule has 0 heterocycles. The highest BCUT2D eigenvalue weighted by Crippen LogP contribution is 1.77. The second-order valence-electron chi connectivity index (χ2n) is 2.61. The van der Waals surface area contributed by atoms with Crippen molar-refractivity contribution in [2.24, 2.45) is 0 Å². The number of amides is 1. The summed E-state index contributed by atoms with van der Waals surface area (Å²) in [5, 5.41) is 12.6. The number of nitrogens with zero attached hydrogens (tertiary/aromatic N) is 1. The van der Waals surface area contributed by atoms with Gasteiger partial charge in [-0.2, -0.15) is 0 Å². The Kier molecular flexibility index (Phi) is 5.78. The molecule has 0 aliphatic carbocycles. The highest BCUT2D eigenvalue weighted by Gasteiger charge is 1.98. The van der Waals surface area contributed by atoms with Crippen LogP contribution in [0.2, 0.25) is 0 Å². The normalized spacial score (nSPS) is 10.2. The number of rotatable bonds is 5. The Bertz CT molecular complexity index is 115. The zero-order valence-corrected chi connectivity index (χ0v) is 7.09. The number of hydrogen-bond donors (Lipinski definition) is 1. The fraction of sp³-hybridized carbons (Fsp3) is 0.857. The molecule has 11 heavy (non-hydrogen) atoms. The first-order valence-corrected chi connectivity index (χ1v) is 3.66. The molecule has 0 spiro atoms. The Balaban J connectivity index is 3.17. The summed E-state index contributed by atoms with van der Waals surface area (Å²) in [5.41, 5.74) is 0. The minimum Gasteiger partial charge on any atom is -0.355 e. The van der Waals surface area contributed by atoms with Crippen LogP contribution < -0.4 is 5.32 Å². The molecule has 0 unspecified atom stereocenters. The van der Waals surface area contributed by atoms with Crippen molar-refractivity contribution in [3.63, 3.8) is 0 Å². The van der Waals surface area contributed by atoms with Gasteiger partial charge in [0.1, 0.15) is 0 Å². The second-order valence-corrected chi connectivity index (χ2v) is 2.61. The number of likely N-dealkylation sites (N-methyl/N-ethyl adjacent to an activating group) is 1. The van der Waals surface area contributed by atoms with Gasteiger partial charge in [0, 0.05) is 13.1 Å². The first-order valence-electron chi connectivity index (χ1n) is 3.66. The molecule has 0 saturated carbocycles. The summed E-state index contributed by atoms with van der Waals surface area (Å²) in [4.78, 5) is 12.7. The standard InChI is InChI=1S/C7H15N2O2/c1-9(2)5-4-8-7(11)3-6-10/h3-6H2,1-2H3,(H,8,11). The van der Waals surface area contributed by atoms with Crippen LogP contribution in [0.5, 0.6) is 0 Å². The monoisotopic (exact) mass is 159 g/mol. The van der Waals surface area contributed by atoms with Crippen molar-refractivity contribution in [2.75, 3.05) is 33.8 Å². The van der Waals surface area contributed by atoms with Crippen LogP contribution in [0.15, 0.2) is 0 Å². The summed E-state index contributed by atoms with van der Waals surface area (Å²) in [7, 11) is 3.86. The molecule has 1 radical (unpaired) electrons. The number of carbonyl (C=O) groups is 1. The first-order chi connectivity index (χ1) is 5.16. The fourth-order valence-electron chi connectivity index (χ4n) is 0.600. The molecule has 0 bridgehead atoms. The summed E-state index contributed by atoms with van der Waals surface area (Å²) < 4.78 is 0. The van der Waals surface area contributed by atoms with E-state index in [0.717, 1.165) is 6.54 Å². The molecule has 0 aromatic heterocycles. The molecule has 4 nitrogen and oxygen atoms in total. The van der Waals surface area contributed by atoms with E-state index in [4.69, 9.17) is 0 Å². The fourth-order valence-corrected chi connectivity index (χ4v) is 0.600. The van der Waals surface area contributed by atoms with Crippen LogP contribution in [0.4, 0.5) is 0 Å². The summed E-state index contributed by atoms with van der Waals surface area (Å²) in [6.45, 7) is 1.10. The Labute approximate surface area is 67.2 Å². The van der Waals surface area contributed by atoms with Crippen molar-refractivity contribution >= 4 is 5.91 Å². The van der Waals surface area contributed by atoms with Crippen molar-refractivity contribution in [3.05, 3.63) is 0 Å². The SMILES string of the molecule is CN(C)CCNC(=O)CC[O]. The van der Waals surface area contributed by atoms with Gasteiger partial charge in [0.05, 0.1) is 13.0 Å². The topological polar surface area (TPSA) is 52.2 Å². The Morgan fingerprint density at radius 2 is 2.09 bits per heavy atom. The molecule has 0 aliphatic heterocycles. The van der Waals surface area contributed by atoms with E-state index in [2.05, 4.69) is 5.32 Å². The Morgan fingerprint density at radius 3 is 2.55 bits per heavy atom. The highest BCUT2D eigenvalue weighted by molar-refractivity contribution is 5.75. The van der Waals surface area contributed by atoms with Gasteiger partial charge >= 0.3 is 0 Å². The summed E-state index contributed by atoms with van der Waals surface area (Å²) >= 11 is 0. The molecular formula is C7H15N2O2. The Morgan fingerprint density at radius 1 is 1.45 bits per heavy atom. The van der Waals surface area contributed by atoms with Crippen molar-refractivity contribution < 1.29 is 9.90 Å². The van der Waals surface area contributed by atoms with Gasteiger partial charge < -0.3 is 10.2 Å². The largest absolute Gasteiger partial charge is 0.355 e. The minimum absolute atomic E-state index is 0.0907. The zero-order chi connectivity index (χ0) is 8.69. The molecule has 0 fully saturated rings. The third-order valence-electron chi connectivity index (χ3n) is 1.21. The lowest BCUT2D eigenvalue weighted by Crippen LogP contribution is -2.31. The molecule has 0 aromatic rings. The maximum absolute atomic E-state index is 10.7. The molecular weight excluding hydrogens is 144 g/mol. The molecule has 1 amide bonds. The molecule has 0 rings (SSSR count). The van der Waals surface area contributed by atoms with Crippen LogP contribution in [0.25, 0.3) is 0 Å². The van der Waals surface area contributed by atoms with Crippen LogP contribution in [0.1, 0.15) is 6.42 Å². The van der Waals surface area contributed by atoms with Crippen molar-refractivity contribution in [3.8, 4) is 0 Å². The lowest BCUT2D eigenvalue weighted by molar-refractivity contribution is -0.122. The van der Waals surface area contributed by atoms with Gasteiger partial charge in [0.2, 0.25) is 5.91 Å². The predicted octanol–water partition coefficient (Wildman–Crippen LogP) is -0.515. The van der Waals surface area contributed by atoms with Gasteiger partial charge in [-0.3, -0.25) is 4.79 Å². The first kappa shape index (κ1) is 10.4. The average molecular weight is 159 g/mol. The lowest BCUT2D eigenvalue weighted by atomic mass is 10.4. The molecule has 0 atom stereocenters. The van der Waals surface area contributed by atoms with Gasteiger partial charge in [-0.15, -0.1) is 0 Å². The molecule has 1 N–H and O–H groups in total. The third-order valence-corrected chi connectivity index (χ3v) is 1.21. The van der Waals surface area contributed by atoms with Gasteiger partial charge in [-0.1, -0.05) is 0 Å². The molecule has 4 heteroatoms. The summed E-state index contributed by atoms with van der Waals surface area (Å²) in [5.74, 6) is -0.151. The molecule has 65 valence electrons. The summed E-state index contributed by atoms with van der Waals surface area (Å²) in [6, 6.07) is 0. The van der Waals surface area contributed by atoms with E-state index in [-0.39, 0.29) is 18.9 Å². The van der Waals surface area contributed by atoms with Crippen LogP contribution in [0.3, 0.4) is 0 Å². The number of carbonyl (C=O) groups excluding carboxylic acids is 1. The third kappa shape index (κ3) is 7.29. The van der Waals surface area contributed by atoms with Crippen molar-refractivity contribution in [1.29, 1.82) is 0 Å². The molecule has 0 aliphatic rings. The summed E-state index contributed by atoms with van der Waals surface area (Å²) in [6.07, 6.45) is 0.0907. The maximum Gasteiger partial charge on any atom is 0.222 e. The van der Waals surface area contributed by atoms with Gasteiger partial charge in [0.25, 0.3) is 0 Å². The predicted molar refractivity (Wildman–Crippen MR) is 41.7 cm³/mol. The van der Waals surface area contributed by atoms with E-state index in [1.807, 2.05) is 19.0 Å². The Hall–Kier alpha value is -0.610. The van der Waals surface area contributed by atoms with E-state index < -0.39 is 0 Å². The second kappa shape index (κ2) is 6.12. The van der Waals surface area contributed by atoms with E-state index in [1.165, 1.54) is 0 Å². The van der Waals surface area contributed by atoms with Crippen LogP contribution in [0, 0.1) is 0 Å². The van der Waals surface area contributed by atoms with Crippen molar-refractivity contribution in [2.45, 2.75) is 6.42 Å². The molecule has 0 aromatic carbocycles. The number of nitrogens with one attached hydrogen (secondary N) is 1. The van der Waals surface area contributed by atoms with Gasteiger partial charge in [0.15, 0.2) is 0 Å². The maximum atomic E-state index is 10.7. The van der Waals surface area contributed by atoms with Crippen LogP contribution in [-0.4, -0.2) is 44.6 Å². The smallest absolute Gasteiger partial charge is 0.222 e. The average Bonchev–Trinajstić information content (AvgIpc) is 1.87. The van der Waals surface area contributed by atoms with Crippen molar-refractivity contribution in [1.82, 2.24) is 10.2 Å². The van der Waals surface area contributed by atoms with E-state index in [9.17, 15) is 9.90 Å². The lowest BCUT2D eigenvalue weighted by Gasteiger charge is -2.09. The quantitative estimate of drug-likeness (QED) is 0.587. The van der Waals surface area contributed by atoms with Crippen LogP contribution >= 0.6 is 0 Å². The number of hydrogen-bond acceptors (Lipinski definition) is 2. The highest BCUT2D eigenvalue weighted by atomic mass is 16.3. The minimum atomic E-state index is -0.326. The van der Waals surface area contributed by atoms with E-state index in [0.29, 0.717) is 6.54 Å². The van der Waals surface area contributed by atoms with Gasteiger partial charge in [-0.25, -0.2) is 5.11 Å². The van der Waals surface area contributed by atoms with E-state index in [1.54, 1.807) is 0 Å². The van der Waals surface area contributed by atoms with Crippen LogP contribution in [-0.2, 0) is 9.90 Å². The van der Waals surface area contributed by atoms with Gasteiger partial charge in [-0.05, 0) is 14.1 Å². The zero-order valence-electron chi connectivity index (χ0n) is 7.09.